The Hall–Kier alpha value is -2.35. The number of anilines is 1. The van der Waals surface area contributed by atoms with Gasteiger partial charge in [-0.2, -0.15) is 0 Å². The molecule has 2 heteroatoms. The molecular formula is C25H31NO. The third-order valence-electron chi connectivity index (χ3n) is 5.31. The number of rotatable bonds is 6. The van der Waals surface area contributed by atoms with Crippen molar-refractivity contribution in [1.29, 1.82) is 0 Å². The van der Waals surface area contributed by atoms with Crippen LogP contribution in [0.2, 0.25) is 0 Å². The lowest BCUT2D eigenvalue weighted by molar-refractivity contribution is -0.111. The van der Waals surface area contributed by atoms with E-state index in [9.17, 15) is 4.79 Å². The summed E-state index contributed by atoms with van der Waals surface area (Å²) in [6.07, 6.45) is 11.2. The van der Waals surface area contributed by atoms with Crippen molar-refractivity contribution in [2.24, 2.45) is 5.92 Å². The lowest BCUT2D eigenvalue weighted by Crippen LogP contribution is -2.08. The molecule has 1 saturated carbocycles. The average molecular weight is 362 g/mol. The summed E-state index contributed by atoms with van der Waals surface area (Å²) in [5.74, 6) is 1.26. The van der Waals surface area contributed by atoms with E-state index in [-0.39, 0.29) is 5.91 Å². The number of hydrogen-bond acceptors (Lipinski definition) is 1. The highest BCUT2D eigenvalue weighted by atomic mass is 16.1. The van der Waals surface area contributed by atoms with Gasteiger partial charge in [0.15, 0.2) is 0 Å². The first-order valence-electron chi connectivity index (χ1n) is 10.3. The lowest BCUT2D eigenvalue weighted by atomic mass is 9.84. The fourth-order valence-electron chi connectivity index (χ4n) is 3.87. The Bertz CT molecular complexity index is 750. The minimum Gasteiger partial charge on any atom is -0.323 e. The molecule has 0 saturated heterocycles. The van der Waals surface area contributed by atoms with Crippen LogP contribution in [0, 0.1) is 5.92 Å². The van der Waals surface area contributed by atoms with Crippen LogP contribution in [-0.2, 0) is 11.2 Å². The summed E-state index contributed by atoms with van der Waals surface area (Å²) in [6, 6.07) is 16.8. The van der Waals surface area contributed by atoms with E-state index >= 15 is 0 Å². The molecule has 142 valence electrons. The topological polar surface area (TPSA) is 29.1 Å². The standard InChI is InChI=1S/C25H31NO/c1-19(2)18-21-10-8-20(9-11-21)12-17-25(27)26-24-15-13-23(14-16-24)22-6-4-3-5-7-22/h8-17,19,22H,3-7,18H2,1-2H3,(H,26,27)/b17-12+. The maximum atomic E-state index is 12.2. The largest absolute Gasteiger partial charge is 0.323 e. The molecule has 0 radical (unpaired) electrons. The van der Waals surface area contributed by atoms with Crippen molar-refractivity contribution in [2.45, 2.75) is 58.3 Å². The van der Waals surface area contributed by atoms with Gasteiger partial charge in [0, 0.05) is 11.8 Å². The lowest BCUT2D eigenvalue weighted by Gasteiger charge is -2.22. The molecule has 1 N–H and O–H groups in total. The molecule has 1 aliphatic carbocycles. The fraction of sp³-hybridized carbons (Fsp3) is 0.400. The number of amides is 1. The predicted octanol–water partition coefficient (Wildman–Crippen LogP) is 6.58. The quantitative estimate of drug-likeness (QED) is 0.578. The molecule has 0 aromatic heterocycles. The maximum Gasteiger partial charge on any atom is 0.248 e. The van der Waals surface area contributed by atoms with Crippen LogP contribution in [0.4, 0.5) is 5.69 Å². The van der Waals surface area contributed by atoms with Crippen LogP contribution in [0.25, 0.3) is 6.08 Å². The summed E-state index contributed by atoms with van der Waals surface area (Å²) >= 11 is 0. The van der Waals surface area contributed by atoms with Gasteiger partial charge in [0.1, 0.15) is 0 Å². The SMILES string of the molecule is CC(C)Cc1ccc(/C=C/C(=O)Nc2ccc(C3CCCCC3)cc2)cc1. The van der Waals surface area contributed by atoms with Crippen LogP contribution in [0.3, 0.4) is 0 Å². The molecule has 1 aliphatic rings. The number of carbonyl (C=O) groups excluding carboxylic acids is 1. The van der Waals surface area contributed by atoms with Gasteiger partial charge in [0.05, 0.1) is 0 Å². The highest BCUT2D eigenvalue weighted by Crippen LogP contribution is 2.32. The van der Waals surface area contributed by atoms with Crippen molar-refractivity contribution in [1.82, 2.24) is 0 Å². The molecule has 0 unspecified atom stereocenters. The zero-order chi connectivity index (χ0) is 19.1. The Morgan fingerprint density at radius 3 is 2.30 bits per heavy atom. The van der Waals surface area contributed by atoms with Gasteiger partial charge in [-0.15, -0.1) is 0 Å². The summed E-state index contributed by atoms with van der Waals surface area (Å²) in [7, 11) is 0. The van der Waals surface area contributed by atoms with Crippen molar-refractivity contribution in [3.8, 4) is 0 Å². The van der Waals surface area contributed by atoms with E-state index < -0.39 is 0 Å². The smallest absolute Gasteiger partial charge is 0.248 e. The van der Waals surface area contributed by atoms with Crippen LogP contribution in [-0.4, -0.2) is 5.91 Å². The van der Waals surface area contributed by atoms with Gasteiger partial charge in [-0.3, -0.25) is 4.79 Å². The second-order valence-corrected chi connectivity index (χ2v) is 8.12. The number of hydrogen-bond donors (Lipinski definition) is 1. The Morgan fingerprint density at radius 1 is 1.00 bits per heavy atom. The molecule has 0 bridgehead atoms. The monoisotopic (exact) mass is 361 g/mol. The number of carbonyl (C=O) groups is 1. The van der Waals surface area contributed by atoms with Gasteiger partial charge < -0.3 is 5.32 Å². The molecule has 1 amide bonds. The molecule has 1 fully saturated rings. The van der Waals surface area contributed by atoms with E-state index in [4.69, 9.17) is 0 Å². The van der Waals surface area contributed by atoms with Crippen LogP contribution in [0.15, 0.2) is 54.6 Å². The van der Waals surface area contributed by atoms with Gasteiger partial charge in [0.25, 0.3) is 0 Å². The van der Waals surface area contributed by atoms with E-state index in [1.807, 2.05) is 18.2 Å². The summed E-state index contributed by atoms with van der Waals surface area (Å²) < 4.78 is 0. The normalized spacial score (nSPS) is 15.4. The van der Waals surface area contributed by atoms with Crippen LogP contribution in [0.5, 0.6) is 0 Å². The van der Waals surface area contributed by atoms with Crippen molar-refractivity contribution in [3.63, 3.8) is 0 Å². The van der Waals surface area contributed by atoms with E-state index in [1.54, 1.807) is 6.08 Å². The van der Waals surface area contributed by atoms with E-state index in [0.717, 1.165) is 17.7 Å². The number of nitrogens with one attached hydrogen (secondary N) is 1. The zero-order valence-electron chi connectivity index (χ0n) is 16.6. The van der Waals surface area contributed by atoms with Crippen LogP contribution >= 0.6 is 0 Å². The van der Waals surface area contributed by atoms with Crippen molar-refractivity contribution in [2.75, 3.05) is 5.32 Å². The molecule has 2 aromatic carbocycles. The minimum atomic E-state index is -0.0910. The van der Waals surface area contributed by atoms with Gasteiger partial charge >= 0.3 is 0 Å². The second-order valence-electron chi connectivity index (χ2n) is 8.12. The maximum absolute atomic E-state index is 12.2. The first-order valence-corrected chi connectivity index (χ1v) is 10.3. The molecule has 2 aromatic rings. The van der Waals surface area contributed by atoms with Gasteiger partial charge in [0.2, 0.25) is 5.91 Å². The van der Waals surface area contributed by atoms with Crippen molar-refractivity contribution >= 4 is 17.7 Å². The Balaban J connectivity index is 1.53. The molecule has 27 heavy (non-hydrogen) atoms. The Labute approximate surface area is 163 Å². The first-order chi connectivity index (χ1) is 13.1. The average Bonchev–Trinajstić information content (AvgIpc) is 2.68. The van der Waals surface area contributed by atoms with Crippen LogP contribution < -0.4 is 5.32 Å². The molecule has 0 atom stereocenters. The summed E-state index contributed by atoms with van der Waals surface area (Å²) in [4.78, 5) is 12.2. The highest BCUT2D eigenvalue weighted by molar-refractivity contribution is 6.01. The Morgan fingerprint density at radius 2 is 1.67 bits per heavy atom. The molecule has 0 heterocycles. The zero-order valence-corrected chi connectivity index (χ0v) is 16.6. The number of benzene rings is 2. The van der Waals surface area contributed by atoms with Gasteiger partial charge in [-0.05, 0) is 66.0 Å². The van der Waals surface area contributed by atoms with Gasteiger partial charge in [-0.25, -0.2) is 0 Å². The second kappa shape index (κ2) is 9.55. The first kappa shape index (κ1) is 19.4. The molecule has 0 spiro atoms. The third kappa shape index (κ3) is 6.09. The van der Waals surface area contributed by atoms with Gasteiger partial charge in [-0.1, -0.05) is 69.5 Å². The van der Waals surface area contributed by atoms with Crippen molar-refractivity contribution < 1.29 is 4.79 Å². The summed E-state index contributed by atoms with van der Waals surface area (Å²) in [5.41, 5.74) is 4.65. The van der Waals surface area contributed by atoms with E-state index in [1.165, 1.54) is 43.2 Å². The van der Waals surface area contributed by atoms with E-state index in [2.05, 4.69) is 55.6 Å². The summed E-state index contributed by atoms with van der Waals surface area (Å²) in [6.45, 7) is 4.44. The Kier molecular flexibility index (Phi) is 6.86. The van der Waals surface area contributed by atoms with Crippen molar-refractivity contribution in [3.05, 3.63) is 71.3 Å². The van der Waals surface area contributed by atoms with Crippen LogP contribution in [0.1, 0.15) is 68.6 Å². The highest BCUT2D eigenvalue weighted by Gasteiger charge is 2.15. The fourth-order valence-corrected chi connectivity index (χ4v) is 3.87. The molecular weight excluding hydrogens is 330 g/mol. The van der Waals surface area contributed by atoms with E-state index in [0.29, 0.717) is 11.8 Å². The minimum absolute atomic E-state index is 0.0910. The third-order valence-corrected chi connectivity index (χ3v) is 5.31. The molecule has 2 nitrogen and oxygen atoms in total. The molecule has 0 aliphatic heterocycles. The predicted molar refractivity (Wildman–Crippen MR) is 115 cm³/mol. The summed E-state index contributed by atoms with van der Waals surface area (Å²) in [5, 5.41) is 2.95. The molecule has 3 rings (SSSR count).